The lowest BCUT2D eigenvalue weighted by atomic mass is 9.93. The minimum Gasteiger partial charge on any atom is -0.332 e. The lowest BCUT2D eigenvalue weighted by Gasteiger charge is -2.31. The third kappa shape index (κ3) is 3.21. The van der Waals surface area contributed by atoms with Crippen LogP contribution in [-0.4, -0.2) is 49.6 Å². The van der Waals surface area contributed by atoms with Gasteiger partial charge in [-0.15, -0.1) is 0 Å². The van der Waals surface area contributed by atoms with Gasteiger partial charge in [0.1, 0.15) is 0 Å². The van der Waals surface area contributed by atoms with Crippen LogP contribution in [0.25, 0.3) is 0 Å². The summed E-state index contributed by atoms with van der Waals surface area (Å²) in [6, 6.07) is 1.93. The van der Waals surface area contributed by atoms with Gasteiger partial charge in [-0.1, -0.05) is 0 Å². The van der Waals surface area contributed by atoms with Crippen LogP contribution in [0, 0.1) is 5.92 Å². The van der Waals surface area contributed by atoms with Gasteiger partial charge in [0, 0.05) is 50.8 Å². The highest BCUT2D eigenvalue weighted by molar-refractivity contribution is 5.94. The van der Waals surface area contributed by atoms with Gasteiger partial charge in [0.2, 0.25) is 5.78 Å². The third-order valence-corrected chi connectivity index (χ3v) is 4.12. The molecule has 2 aromatic rings. The SMILES string of the molecule is Cn1ccnc1C(=O)C1CCCN(CCn2cccn2)C1. The van der Waals surface area contributed by atoms with Crippen molar-refractivity contribution >= 4 is 5.78 Å². The Morgan fingerprint density at radius 2 is 2.24 bits per heavy atom. The molecule has 0 amide bonds. The number of piperidine rings is 1. The maximum Gasteiger partial charge on any atom is 0.202 e. The molecule has 0 saturated carbocycles. The molecule has 3 heterocycles. The minimum atomic E-state index is 0.0671. The summed E-state index contributed by atoms with van der Waals surface area (Å²) in [6.07, 6.45) is 9.31. The zero-order valence-corrected chi connectivity index (χ0v) is 12.4. The van der Waals surface area contributed by atoms with E-state index in [9.17, 15) is 4.79 Å². The van der Waals surface area contributed by atoms with Crippen molar-refractivity contribution in [3.8, 4) is 0 Å². The molecule has 0 N–H and O–H groups in total. The number of carbonyl (C=O) groups is 1. The van der Waals surface area contributed by atoms with Gasteiger partial charge in [-0.3, -0.25) is 9.48 Å². The van der Waals surface area contributed by atoms with Crippen LogP contribution in [0.1, 0.15) is 23.5 Å². The molecule has 21 heavy (non-hydrogen) atoms. The maximum atomic E-state index is 12.5. The number of rotatable bonds is 5. The van der Waals surface area contributed by atoms with Gasteiger partial charge in [0.05, 0.1) is 6.54 Å². The van der Waals surface area contributed by atoms with Crippen LogP contribution in [0.15, 0.2) is 30.9 Å². The topological polar surface area (TPSA) is 56.0 Å². The first-order valence-corrected chi connectivity index (χ1v) is 7.45. The molecule has 1 aliphatic heterocycles. The minimum absolute atomic E-state index is 0.0671. The molecule has 112 valence electrons. The highest BCUT2D eigenvalue weighted by Gasteiger charge is 2.28. The predicted octanol–water partition coefficient (Wildman–Crippen LogP) is 1.21. The Morgan fingerprint density at radius 1 is 1.33 bits per heavy atom. The van der Waals surface area contributed by atoms with Crippen molar-refractivity contribution in [3.63, 3.8) is 0 Å². The summed E-state index contributed by atoms with van der Waals surface area (Å²) in [5, 5.41) is 4.22. The second-order valence-corrected chi connectivity index (χ2v) is 5.63. The maximum absolute atomic E-state index is 12.5. The molecule has 3 rings (SSSR count). The molecular weight excluding hydrogens is 266 g/mol. The predicted molar refractivity (Wildman–Crippen MR) is 78.9 cm³/mol. The van der Waals surface area contributed by atoms with Crippen LogP contribution in [0.2, 0.25) is 0 Å². The third-order valence-electron chi connectivity index (χ3n) is 4.12. The van der Waals surface area contributed by atoms with Crippen molar-refractivity contribution < 1.29 is 4.79 Å². The summed E-state index contributed by atoms with van der Waals surface area (Å²) >= 11 is 0. The number of aryl methyl sites for hydroxylation is 1. The number of carbonyl (C=O) groups excluding carboxylic acids is 1. The van der Waals surface area contributed by atoms with Crippen molar-refractivity contribution in [3.05, 3.63) is 36.7 Å². The number of likely N-dealkylation sites (tertiary alicyclic amines) is 1. The molecule has 0 spiro atoms. The van der Waals surface area contributed by atoms with Crippen molar-refractivity contribution in [2.45, 2.75) is 19.4 Å². The Labute approximate surface area is 124 Å². The van der Waals surface area contributed by atoms with Gasteiger partial charge < -0.3 is 9.47 Å². The van der Waals surface area contributed by atoms with Crippen LogP contribution in [-0.2, 0) is 13.6 Å². The van der Waals surface area contributed by atoms with Crippen LogP contribution < -0.4 is 0 Å². The summed E-state index contributed by atoms with van der Waals surface area (Å²) in [5.74, 6) is 0.817. The number of nitrogens with zero attached hydrogens (tertiary/aromatic N) is 5. The second kappa shape index (κ2) is 6.22. The van der Waals surface area contributed by atoms with E-state index in [4.69, 9.17) is 0 Å². The van der Waals surface area contributed by atoms with Gasteiger partial charge in [0.15, 0.2) is 5.82 Å². The zero-order valence-electron chi connectivity index (χ0n) is 12.4. The monoisotopic (exact) mass is 287 g/mol. The molecule has 1 atom stereocenters. The molecule has 6 nitrogen and oxygen atoms in total. The average molecular weight is 287 g/mol. The fraction of sp³-hybridized carbons (Fsp3) is 0.533. The highest BCUT2D eigenvalue weighted by atomic mass is 16.1. The van der Waals surface area contributed by atoms with Crippen LogP contribution in [0.4, 0.5) is 0 Å². The number of hydrogen-bond acceptors (Lipinski definition) is 4. The standard InChI is InChI=1S/C15H21N5O/c1-18-9-6-16-15(18)14(21)13-4-2-7-19(12-13)10-11-20-8-3-5-17-20/h3,5-6,8-9,13H,2,4,7,10-12H2,1H3. The molecule has 6 heteroatoms. The van der Waals surface area contributed by atoms with Crippen molar-refractivity contribution in [2.75, 3.05) is 19.6 Å². The van der Waals surface area contributed by atoms with E-state index >= 15 is 0 Å². The first kappa shape index (κ1) is 14.0. The summed E-state index contributed by atoms with van der Waals surface area (Å²) < 4.78 is 3.75. The molecule has 0 bridgehead atoms. The molecule has 0 aliphatic carbocycles. The van der Waals surface area contributed by atoms with E-state index in [1.807, 2.05) is 34.8 Å². The van der Waals surface area contributed by atoms with Gasteiger partial charge in [-0.2, -0.15) is 5.10 Å². The van der Waals surface area contributed by atoms with E-state index in [1.54, 1.807) is 12.4 Å². The number of aromatic nitrogens is 4. The summed E-state index contributed by atoms with van der Waals surface area (Å²) in [7, 11) is 1.87. The number of imidazole rings is 1. The Bertz CT molecular complexity index is 589. The Morgan fingerprint density at radius 3 is 2.95 bits per heavy atom. The zero-order chi connectivity index (χ0) is 14.7. The molecule has 1 aliphatic rings. The van der Waals surface area contributed by atoms with Crippen molar-refractivity contribution in [1.82, 2.24) is 24.2 Å². The van der Waals surface area contributed by atoms with E-state index in [0.717, 1.165) is 39.0 Å². The summed E-state index contributed by atoms with van der Waals surface area (Å²) in [6.45, 7) is 3.70. The number of hydrogen-bond donors (Lipinski definition) is 0. The molecule has 1 fully saturated rings. The van der Waals surface area contributed by atoms with E-state index in [2.05, 4.69) is 15.0 Å². The molecule has 0 radical (unpaired) electrons. The molecule has 1 saturated heterocycles. The second-order valence-electron chi connectivity index (χ2n) is 5.63. The van der Waals surface area contributed by atoms with E-state index in [-0.39, 0.29) is 11.7 Å². The Hall–Kier alpha value is -1.95. The Balaban J connectivity index is 1.58. The fourth-order valence-electron chi connectivity index (χ4n) is 2.93. The van der Waals surface area contributed by atoms with Crippen LogP contribution >= 0.6 is 0 Å². The molecule has 0 aromatic carbocycles. The molecule has 2 aromatic heterocycles. The molecule has 1 unspecified atom stereocenters. The fourth-order valence-corrected chi connectivity index (χ4v) is 2.93. The lowest BCUT2D eigenvalue weighted by Crippen LogP contribution is -2.40. The lowest BCUT2D eigenvalue weighted by molar-refractivity contribution is 0.0801. The highest BCUT2D eigenvalue weighted by Crippen LogP contribution is 2.20. The summed E-state index contributed by atoms with van der Waals surface area (Å²) in [5.41, 5.74) is 0. The van der Waals surface area contributed by atoms with Crippen molar-refractivity contribution in [1.29, 1.82) is 0 Å². The average Bonchev–Trinajstić information content (AvgIpc) is 3.16. The largest absolute Gasteiger partial charge is 0.332 e. The quantitative estimate of drug-likeness (QED) is 0.776. The smallest absolute Gasteiger partial charge is 0.202 e. The van der Waals surface area contributed by atoms with E-state index in [1.165, 1.54) is 0 Å². The van der Waals surface area contributed by atoms with Crippen LogP contribution in [0.3, 0.4) is 0 Å². The molecular formula is C15H21N5O. The summed E-state index contributed by atoms with van der Waals surface area (Å²) in [4.78, 5) is 19.1. The number of ketones is 1. The van der Waals surface area contributed by atoms with E-state index < -0.39 is 0 Å². The normalized spacial score (nSPS) is 19.8. The first-order valence-electron chi connectivity index (χ1n) is 7.45. The van der Waals surface area contributed by atoms with Gasteiger partial charge >= 0.3 is 0 Å². The van der Waals surface area contributed by atoms with Crippen LogP contribution in [0.5, 0.6) is 0 Å². The number of Topliss-reactive ketones (excluding diaryl/α,β-unsaturated/α-hetero) is 1. The van der Waals surface area contributed by atoms with Crippen molar-refractivity contribution in [2.24, 2.45) is 13.0 Å². The van der Waals surface area contributed by atoms with E-state index in [0.29, 0.717) is 5.82 Å². The van der Waals surface area contributed by atoms with Gasteiger partial charge in [-0.05, 0) is 25.5 Å². The first-order chi connectivity index (χ1) is 10.2. The van der Waals surface area contributed by atoms with Gasteiger partial charge in [-0.25, -0.2) is 4.98 Å². The van der Waals surface area contributed by atoms with Gasteiger partial charge in [0.25, 0.3) is 0 Å². The Kier molecular flexibility index (Phi) is 4.15.